The van der Waals surface area contributed by atoms with Crippen LogP contribution in [0.5, 0.6) is 5.75 Å². The number of aromatic nitrogens is 2. The molecule has 0 fully saturated rings. The van der Waals surface area contributed by atoms with Crippen LogP contribution in [0.15, 0.2) is 18.3 Å². The van der Waals surface area contributed by atoms with Gasteiger partial charge in [-0.25, -0.2) is 0 Å². The number of hydrogen-bond acceptors (Lipinski definition) is 3. The molecule has 0 amide bonds. The van der Waals surface area contributed by atoms with Crippen LogP contribution in [-0.2, 0) is 7.05 Å². The van der Waals surface area contributed by atoms with Gasteiger partial charge in [-0.1, -0.05) is 13.0 Å². The number of phenols is 1. The molecule has 4 nitrogen and oxygen atoms in total. The molecule has 0 aliphatic heterocycles. The van der Waals surface area contributed by atoms with Crippen LogP contribution in [0.3, 0.4) is 0 Å². The number of nitrogens with zero attached hydrogens (tertiary/aromatic N) is 2. The SMILES string of the molecule is Cc1ccc(O)c2c1C(C)CC2Nc1cn(C)nc1C. The monoisotopic (exact) mass is 271 g/mol. The minimum atomic E-state index is 0.155. The first-order valence-electron chi connectivity index (χ1n) is 7.06. The summed E-state index contributed by atoms with van der Waals surface area (Å²) in [6.45, 7) is 6.34. The number of benzene rings is 1. The van der Waals surface area contributed by atoms with Crippen LogP contribution in [0.4, 0.5) is 5.69 Å². The molecule has 3 rings (SSSR count). The second kappa shape index (κ2) is 4.54. The normalized spacial score (nSPS) is 21.0. The van der Waals surface area contributed by atoms with Crippen LogP contribution in [-0.4, -0.2) is 14.9 Å². The molecule has 0 saturated heterocycles. The van der Waals surface area contributed by atoms with Gasteiger partial charge in [-0.15, -0.1) is 0 Å². The van der Waals surface area contributed by atoms with Crippen molar-refractivity contribution >= 4 is 5.69 Å². The van der Waals surface area contributed by atoms with Crippen molar-refractivity contribution in [3.8, 4) is 5.75 Å². The van der Waals surface area contributed by atoms with Crippen molar-refractivity contribution in [2.24, 2.45) is 7.05 Å². The summed E-state index contributed by atoms with van der Waals surface area (Å²) in [5.74, 6) is 0.862. The number of hydrogen-bond donors (Lipinski definition) is 2. The first-order chi connectivity index (χ1) is 9.47. The van der Waals surface area contributed by atoms with Gasteiger partial charge in [-0.2, -0.15) is 5.10 Å². The summed E-state index contributed by atoms with van der Waals surface area (Å²) in [5.41, 5.74) is 5.64. The number of anilines is 1. The summed E-state index contributed by atoms with van der Waals surface area (Å²) < 4.78 is 1.81. The zero-order chi connectivity index (χ0) is 14.4. The molecule has 0 bridgehead atoms. The van der Waals surface area contributed by atoms with Crippen LogP contribution in [0.1, 0.15) is 47.7 Å². The fourth-order valence-electron chi connectivity index (χ4n) is 3.40. The van der Waals surface area contributed by atoms with Crippen molar-refractivity contribution in [2.45, 2.75) is 39.2 Å². The maximum atomic E-state index is 10.2. The molecular weight excluding hydrogens is 250 g/mol. The second-order valence-corrected chi connectivity index (χ2v) is 5.86. The van der Waals surface area contributed by atoms with Crippen LogP contribution < -0.4 is 5.32 Å². The zero-order valence-electron chi connectivity index (χ0n) is 12.4. The van der Waals surface area contributed by atoms with Gasteiger partial charge in [0.25, 0.3) is 0 Å². The van der Waals surface area contributed by atoms with E-state index in [4.69, 9.17) is 0 Å². The van der Waals surface area contributed by atoms with E-state index in [0.717, 1.165) is 23.4 Å². The Kier molecular flexibility index (Phi) is 2.96. The summed E-state index contributed by atoms with van der Waals surface area (Å²) in [6, 6.07) is 3.96. The molecule has 2 atom stereocenters. The van der Waals surface area contributed by atoms with Crippen molar-refractivity contribution < 1.29 is 5.11 Å². The van der Waals surface area contributed by atoms with Crippen LogP contribution in [0.25, 0.3) is 0 Å². The lowest BCUT2D eigenvalue weighted by molar-refractivity contribution is 0.465. The van der Waals surface area contributed by atoms with E-state index in [1.54, 1.807) is 6.07 Å². The third-order valence-corrected chi connectivity index (χ3v) is 4.26. The zero-order valence-corrected chi connectivity index (χ0v) is 12.4. The molecule has 0 saturated carbocycles. The van der Waals surface area contributed by atoms with Crippen LogP contribution in [0.2, 0.25) is 0 Å². The third kappa shape index (κ3) is 1.96. The molecule has 4 heteroatoms. The molecule has 0 radical (unpaired) electrons. The molecule has 2 unspecified atom stereocenters. The van der Waals surface area contributed by atoms with E-state index in [2.05, 4.69) is 24.3 Å². The molecule has 1 heterocycles. The number of aryl methyl sites for hydroxylation is 3. The van der Waals surface area contributed by atoms with Gasteiger partial charge < -0.3 is 10.4 Å². The van der Waals surface area contributed by atoms with Gasteiger partial charge in [-0.05, 0) is 43.4 Å². The minimum absolute atomic E-state index is 0.155. The quantitative estimate of drug-likeness (QED) is 0.880. The van der Waals surface area contributed by atoms with Gasteiger partial charge in [0.1, 0.15) is 5.75 Å². The molecule has 0 spiro atoms. The van der Waals surface area contributed by atoms with Crippen molar-refractivity contribution in [3.05, 3.63) is 40.7 Å². The molecular formula is C16H21N3O. The molecule has 2 N–H and O–H groups in total. The Balaban J connectivity index is 1.99. The van der Waals surface area contributed by atoms with Crippen LogP contribution in [0, 0.1) is 13.8 Å². The molecule has 2 aromatic rings. The lowest BCUT2D eigenvalue weighted by Gasteiger charge is -2.16. The van der Waals surface area contributed by atoms with E-state index >= 15 is 0 Å². The summed E-state index contributed by atoms with van der Waals surface area (Å²) >= 11 is 0. The summed E-state index contributed by atoms with van der Waals surface area (Å²) in [4.78, 5) is 0. The maximum Gasteiger partial charge on any atom is 0.121 e. The number of aromatic hydroxyl groups is 1. The summed E-state index contributed by atoms with van der Waals surface area (Å²) in [7, 11) is 1.92. The highest BCUT2D eigenvalue weighted by Crippen LogP contribution is 2.47. The fourth-order valence-corrected chi connectivity index (χ4v) is 3.40. The van der Waals surface area contributed by atoms with Gasteiger partial charge in [-0.3, -0.25) is 4.68 Å². The van der Waals surface area contributed by atoms with Gasteiger partial charge in [0.2, 0.25) is 0 Å². The van der Waals surface area contributed by atoms with Gasteiger partial charge in [0, 0.05) is 18.8 Å². The van der Waals surface area contributed by atoms with Crippen molar-refractivity contribution in [2.75, 3.05) is 5.32 Å². The van der Waals surface area contributed by atoms with Crippen molar-refractivity contribution in [1.29, 1.82) is 0 Å². The number of fused-ring (bicyclic) bond motifs is 1. The van der Waals surface area contributed by atoms with E-state index < -0.39 is 0 Å². The lowest BCUT2D eigenvalue weighted by atomic mass is 9.97. The largest absolute Gasteiger partial charge is 0.508 e. The number of rotatable bonds is 2. The van der Waals surface area contributed by atoms with Gasteiger partial charge in [0.15, 0.2) is 0 Å². The fraction of sp³-hybridized carbons (Fsp3) is 0.438. The highest BCUT2D eigenvalue weighted by Gasteiger charge is 2.32. The third-order valence-electron chi connectivity index (χ3n) is 4.26. The minimum Gasteiger partial charge on any atom is -0.508 e. The molecule has 1 aliphatic rings. The highest BCUT2D eigenvalue weighted by atomic mass is 16.3. The van der Waals surface area contributed by atoms with E-state index in [1.165, 1.54) is 11.1 Å². The predicted molar refractivity (Wildman–Crippen MR) is 80.2 cm³/mol. The highest BCUT2D eigenvalue weighted by molar-refractivity contribution is 5.56. The average molecular weight is 271 g/mol. The van der Waals surface area contributed by atoms with E-state index in [9.17, 15) is 5.11 Å². The standard InChI is InChI=1S/C16H21N3O/c1-9-5-6-14(20)16-12(7-10(2)15(9)16)17-13-8-19(4)18-11(13)3/h5-6,8,10,12,17,20H,7H2,1-4H3. The van der Waals surface area contributed by atoms with E-state index in [0.29, 0.717) is 11.7 Å². The summed E-state index contributed by atoms with van der Waals surface area (Å²) in [5, 5.41) is 18.1. The Hall–Kier alpha value is -1.97. The van der Waals surface area contributed by atoms with E-state index in [-0.39, 0.29) is 6.04 Å². The average Bonchev–Trinajstić information content (AvgIpc) is 2.86. The first-order valence-corrected chi connectivity index (χ1v) is 7.06. The second-order valence-electron chi connectivity index (χ2n) is 5.86. The molecule has 20 heavy (non-hydrogen) atoms. The van der Waals surface area contributed by atoms with Crippen molar-refractivity contribution in [1.82, 2.24) is 9.78 Å². The molecule has 1 aliphatic carbocycles. The predicted octanol–water partition coefficient (Wildman–Crippen LogP) is 3.40. The lowest BCUT2D eigenvalue weighted by Crippen LogP contribution is -2.08. The molecule has 1 aromatic carbocycles. The van der Waals surface area contributed by atoms with Crippen LogP contribution >= 0.6 is 0 Å². The number of phenolic OH excluding ortho intramolecular Hbond substituents is 1. The first kappa shape index (κ1) is 13.0. The number of nitrogens with one attached hydrogen (secondary N) is 1. The smallest absolute Gasteiger partial charge is 0.121 e. The maximum absolute atomic E-state index is 10.2. The Labute approximate surface area is 119 Å². The molecule has 106 valence electrons. The van der Waals surface area contributed by atoms with E-state index in [1.807, 2.05) is 30.9 Å². The van der Waals surface area contributed by atoms with Gasteiger partial charge >= 0.3 is 0 Å². The summed E-state index contributed by atoms with van der Waals surface area (Å²) in [6.07, 6.45) is 2.99. The Morgan fingerprint density at radius 3 is 2.70 bits per heavy atom. The van der Waals surface area contributed by atoms with Crippen molar-refractivity contribution in [3.63, 3.8) is 0 Å². The Morgan fingerprint density at radius 1 is 1.30 bits per heavy atom. The topological polar surface area (TPSA) is 50.1 Å². The van der Waals surface area contributed by atoms with Gasteiger partial charge in [0.05, 0.1) is 17.4 Å². The molecule has 1 aromatic heterocycles. The Morgan fingerprint density at radius 2 is 2.05 bits per heavy atom. The Bertz CT molecular complexity index is 660.